The van der Waals surface area contributed by atoms with Crippen LogP contribution in [-0.2, 0) is 4.79 Å². The number of anilines is 1. The summed E-state index contributed by atoms with van der Waals surface area (Å²) in [6, 6.07) is 7.56. The van der Waals surface area contributed by atoms with Gasteiger partial charge in [-0.1, -0.05) is 6.92 Å². The molecule has 1 unspecified atom stereocenters. The number of benzene rings is 1. The van der Waals surface area contributed by atoms with Crippen molar-refractivity contribution in [1.29, 1.82) is 0 Å². The SMILES string of the molecule is CCOc1ccc(NCC(=O)N/N=C2/CCCC(C)C2)cc1. The summed E-state index contributed by atoms with van der Waals surface area (Å²) in [7, 11) is 0. The van der Waals surface area contributed by atoms with E-state index in [-0.39, 0.29) is 12.5 Å². The summed E-state index contributed by atoms with van der Waals surface area (Å²) < 4.78 is 5.38. The smallest absolute Gasteiger partial charge is 0.259 e. The van der Waals surface area contributed by atoms with Gasteiger partial charge in [0, 0.05) is 11.4 Å². The van der Waals surface area contributed by atoms with E-state index in [1.165, 1.54) is 12.8 Å². The first-order valence-corrected chi connectivity index (χ1v) is 7.98. The van der Waals surface area contributed by atoms with Crippen molar-refractivity contribution in [3.63, 3.8) is 0 Å². The lowest BCUT2D eigenvalue weighted by Gasteiger charge is -2.18. The van der Waals surface area contributed by atoms with E-state index in [9.17, 15) is 4.79 Å². The number of hydrazone groups is 1. The van der Waals surface area contributed by atoms with Crippen LogP contribution in [0.2, 0.25) is 0 Å². The predicted molar refractivity (Wildman–Crippen MR) is 89.3 cm³/mol. The molecule has 22 heavy (non-hydrogen) atoms. The molecule has 0 aliphatic heterocycles. The van der Waals surface area contributed by atoms with Gasteiger partial charge in [0.2, 0.25) is 0 Å². The Hall–Kier alpha value is -2.04. The minimum atomic E-state index is -0.125. The minimum Gasteiger partial charge on any atom is -0.494 e. The van der Waals surface area contributed by atoms with Gasteiger partial charge in [0.05, 0.1) is 13.2 Å². The summed E-state index contributed by atoms with van der Waals surface area (Å²) in [5.74, 6) is 1.38. The highest BCUT2D eigenvalue weighted by Crippen LogP contribution is 2.20. The molecule has 1 aromatic rings. The van der Waals surface area contributed by atoms with Gasteiger partial charge in [-0.15, -0.1) is 0 Å². The maximum absolute atomic E-state index is 11.8. The molecule has 5 nitrogen and oxygen atoms in total. The Balaban J connectivity index is 1.74. The van der Waals surface area contributed by atoms with Gasteiger partial charge in [-0.3, -0.25) is 4.79 Å². The van der Waals surface area contributed by atoms with Gasteiger partial charge in [0.15, 0.2) is 0 Å². The molecule has 1 aliphatic rings. The topological polar surface area (TPSA) is 62.7 Å². The molecule has 1 aliphatic carbocycles. The van der Waals surface area contributed by atoms with Crippen LogP contribution in [0.25, 0.3) is 0 Å². The third kappa shape index (κ3) is 5.39. The molecule has 0 radical (unpaired) electrons. The molecule has 1 atom stereocenters. The molecule has 0 bridgehead atoms. The lowest BCUT2D eigenvalue weighted by Crippen LogP contribution is -2.27. The van der Waals surface area contributed by atoms with E-state index in [1.54, 1.807) is 0 Å². The number of carbonyl (C=O) groups excluding carboxylic acids is 1. The van der Waals surface area contributed by atoms with Crippen LogP contribution >= 0.6 is 0 Å². The fraction of sp³-hybridized carbons (Fsp3) is 0.529. The molecule has 0 spiro atoms. The van der Waals surface area contributed by atoms with Crippen LogP contribution in [0.5, 0.6) is 5.75 Å². The molecule has 0 aromatic heterocycles. The van der Waals surface area contributed by atoms with Crippen molar-refractivity contribution in [1.82, 2.24) is 5.43 Å². The molecule has 2 N–H and O–H groups in total. The molecule has 1 fully saturated rings. The third-order valence-electron chi connectivity index (χ3n) is 3.70. The highest BCUT2D eigenvalue weighted by atomic mass is 16.5. The summed E-state index contributed by atoms with van der Waals surface area (Å²) in [5, 5.41) is 7.31. The average molecular weight is 303 g/mol. The van der Waals surface area contributed by atoms with E-state index < -0.39 is 0 Å². The molecular weight excluding hydrogens is 278 g/mol. The molecule has 120 valence electrons. The zero-order chi connectivity index (χ0) is 15.8. The highest BCUT2D eigenvalue weighted by Gasteiger charge is 2.14. The zero-order valence-corrected chi connectivity index (χ0v) is 13.4. The van der Waals surface area contributed by atoms with Gasteiger partial charge in [0.25, 0.3) is 5.91 Å². The van der Waals surface area contributed by atoms with Crippen molar-refractivity contribution in [2.75, 3.05) is 18.5 Å². The van der Waals surface area contributed by atoms with Crippen molar-refractivity contribution in [2.45, 2.75) is 39.5 Å². The van der Waals surface area contributed by atoms with Crippen LogP contribution < -0.4 is 15.5 Å². The third-order valence-corrected chi connectivity index (χ3v) is 3.70. The number of amides is 1. The first-order valence-electron chi connectivity index (χ1n) is 7.98. The normalized spacial score (nSPS) is 19.7. The molecule has 0 saturated heterocycles. The highest BCUT2D eigenvalue weighted by molar-refractivity contribution is 5.87. The quantitative estimate of drug-likeness (QED) is 0.793. The Morgan fingerprint density at radius 3 is 2.82 bits per heavy atom. The molecule has 1 aromatic carbocycles. The summed E-state index contributed by atoms with van der Waals surface area (Å²) >= 11 is 0. The second kappa shape index (κ2) is 8.41. The molecule has 0 heterocycles. The van der Waals surface area contributed by atoms with Crippen LogP contribution in [0.15, 0.2) is 29.4 Å². The summed E-state index contributed by atoms with van der Waals surface area (Å²) in [5.41, 5.74) is 4.63. The van der Waals surface area contributed by atoms with E-state index in [1.807, 2.05) is 31.2 Å². The average Bonchev–Trinajstić information content (AvgIpc) is 2.53. The van der Waals surface area contributed by atoms with Gasteiger partial charge in [0.1, 0.15) is 5.75 Å². The van der Waals surface area contributed by atoms with Gasteiger partial charge >= 0.3 is 0 Å². The number of nitrogens with zero attached hydrogens (tertiary/aromatic N) is 1. The first-order chi connectivity index (χ1) is 10.7. The molecule has 1 amide bonds. The Morgan fingerprint density at radius 1 is 1.36 bits per heavy atom. The molecule has 5 heteroatoms. The van der Waals surface area contributed by atoms with Crippen molar-refractivity contribution < 1.29 is 9.53 Å². The fourth-order valence-corrected chi connectivity index (χ4v) is 2.56. The fourth-order valence-electron chi connectivity index (χ4n) is 2.56. The minimum absolute atomic E-state index is 0.125. The van der Waals surface area contributed by atoms with Crippen molar-refractivity contribution in [2.24, 2.45) is 11.0 Å². The molecule has 1 saturated carbocycles. The van der Waals surface area contributed by atoms with Gasteiger partial charge in [-0.25, -0.2) is 5.43 Å². The van der Waals surface area contributed by atoms with Crippen molar-refractivity contribution in [3.05, 3.63) is 24.3 Å². The van der Waals surface area contributed by atoms with Crippen LogP contribution in [0, 0.1) is 5.92 Å². The lowest BCUT2D eigenvalue weighted by atomic mass is 9.89. The van der Waals surface area contributed by atoms with Crippen LogP contribution in [-0.4, -0.2) is 24.8 Å². The second-order valence-electron chi connectivity index (χ2n) is 5.73. The second-order valence-corrected chi connectivity index (χ2v) is 5.73. The molecule has 2 rings (SSSR count). The van der Waals surface area contributed by atoms with Crippen LogP contribution in [0.1, 0.15) is 39.5 Å². The maximum atomic E-state index is 11.8. The number of carbonyl (C=O) groups is 1. The Labute approximate surface area is 132 Å². The predicted octanol–water partition coefficient (Wildman–Crippen LogP) is 3.18. The van der Waals surface area contributed by atoms with E-state index in [0.717, 1.165) is 30.0 Å². The standard InChI is InChI=1S/C17H25N3O2/c1-3-22-16-9-7-14(8-10-16)18-12-17(21)20-19-15-6-4-5-13(2)11-15/h7-10,13,18H,3-6,11-12H2,1-2H3,(H,20,21)/b19-15-. The van der Waals surface area contributed by atoms with Crippen molar-refractivity contribution in [3.8, 4) is 5.75 Å². The number of ether oxygens (including phenoxy) is 1. The lowest BCUT2D eigenvalue weighted by molar-refractivity contribution is -0.119. The van der Waals surface area contributed by atoms with Crippen LogP contribution in [0.4, 0.5) is 5.69 Å². The van der Waals surface area contributed by atoms with E-state index in [0.29, 0.717) is 12.5 Å². The van der Waals surface area contributed by atoms with E-state index in [2.05, 4.69) is 22.8 Å². The Bertz CT molecular complexity index is 511. The van der Waals surface area contributed by atoms with Crippen molar-refractivity contribution >= 4 is 17.3 Å². The van der Waals surface area contributed by atoms with Gasteiger partial charge < -0.3 is 10.1 Å². The van der Waals surface area contributed by atoms with E-state index >= 15 is 0 Å². The number of nitrogens with one attached hydrogen (secondary N) is 2. The Morgan fingerprint density at radius 2 is 2.14 bits per heavy atom. The van der Waals surface area contributed by atoms with Gasteiger partial charge in [-0.05, 0) is 62.8 Å². The van der Waals surface area contributed by atoms with Gasteiger partial charge in [-0.2, -0.15) is 5.10 Å². The Kier molecular flexibility index (Phi) is 6.25. The first kappa shape index (κ1) is 16.3. The number of hydrogen-bond donors (Lipinski definition) is 2. The number of rotatable bonds is 6. The van der Waals surface area contributed by atoms with E-state index in [4.69, 9.17) is 4.74 Å². The number of hydrogen-bond acceptors (Lipinski definition) is 4. The summed E-state index contributed by atoms with van der Waals surface area (Å²) in [6.07, 6.45) is 4.41. The monoisotopic (exact) mass is 303 g/mol. The largest absolute Gasteiger partial charge is 0.494 e. The van der Waals surface area contributed by atoms with Crippen LogP contribution in [0.3, 0.4) is 0 Å². The maximum Gasteiger partial charge on any atom is 0.259 e. The zero-order valence-electron chi connectivity index (χ0n) is 13.4. The summed E-state index contributed by atoms with van der Waals surface area (Å²) in [4.78, 5) is 11.8. The molecular formula is C17H25N3O2. The summed E-state index contributed by atoms with van der Waals surface area (Å²) in [6.45, 7) is 5.03.